The minimum absolute atomic E-state index is 0.00754. The van der Waals surface area contributed by atoms with Crippen LogP contribution in [-0.4, -0.2) is 29.5 Å². The maximum Gasteiger partial charge on any atom is 0.227 e. The molecular weight excluding hydrogens is 228 g/mol. The molecule has 2 N–H and O–H groups in total. The molecule has 0 aliphatic rings. The Hall–Kier alpha value is -1.65. The first-order valence-corrected chi connectivity index (χ1v) is 6.15. The van der Waals surface area contributed by atoms with Crippen molar-refractivity contribution in [3.63, 3.8) is 0 Å². The quantitative estimate of drug-likeness (QED) is 0.836. The van der Waals surface area contributed by atoms with E-state index in [1.54, 1.807) is 13.4 Å². The van der Waals surface area contributed by atoms with E-state index in [1.165, 1.54) is 0 Å². The number of aromatic nitrogens is 2. The standard InChI is InChI=1S/C13H22N4O/c1-9(2)10-6-11(17-8-16-10)15-7-13(3,4)12(18)14-5/h6,8-9H,7H2,1-5H3,(H,14,18)(H,15,16,17). The van der Waals surface area contributed by atoms with Crippen LogP contribution in [0.4, 0.5) is 5.82 Å². The van der Waals surface area contributed by atoms with Crippen molar-refractivity contribution >= 4 is 11.7 Å². The molecule has 0 unspecified atom stereocenters. The fourth-order valence-corrected chi connectivity index (χ4v) is 1.51. The summed E-state index contributed by atoms with van der Waals surface area (Å²) < 4.78 is 0. The highest BCUT2D eigenvalue weighted by Crippen LogP contribution is 2.18. The minimum Gasteiger partial charge on any atom is -0.369 e. The molecule has 0 saturated carbocycles. The van der Waals surface area contributed by atoms with Gasteiger partial charge in [0.15, 0.2) is 0 Å². The van der Waals surface area contributed by atoms with E-state index >= 15 is 0 Å². The van der Waals surface area contributed by atoms with Gasteiger partial charge in [0.05, 0.1) is 5.41 Å². The smallest absolute Gasteiger partial charge is 0.227 e. The molecule has 18 heavy (non-hydrogen) atoms. The molecule has 0 radical (unpaired) electrons. The van der Waals surface area contributed by atoms with Crippen LogP contribution in [0.3, 0.4) is 0 Å². The average Bonchev–Trinajstić information content (AvgIpc) is 2.35. The van der Waals surface area contributed by atoms with Crippen molar-refractivity contribution in [2.24, 2.45) is 5.41 Å². The van der Waals surface area contributed by atoms with Crippen LogP contribution < -0.4 is 10.6 Å². The van der Waals surface area contributed by atoms with E-state index in [9.17, 15) is 4.79 Å². The molecule has 1 aromatic heterocycles. The highest BCUT2D eigenvalue weighted by atomic mass is 16.2. The Bertz CT molecular complexity index is 415. The maximum atomic E-state index is 11.6. The number of carbonyl (C=O) groups is 1. The van der Waals surface area contributed by atoms with Crippen molar-refractivity contribution in [2.75, 3.05) is 18.9 Å². The summed E-state index contributed by atoms with van der Waals surface area (Å²) in [6.45, 7) is 8.48. The zero-order valence-electron chi connectivity index (χ0n) is 11.7. The largest absolute Gasteiger partial charge is 0.369 e. The van der Waals surface area contributed by atoms with E-state index in [1.807, 2.05) is 19.9 Å². The van der Waals surface area contributed by atoms with Crippen LogP contribution in [0.15, 0.2) is 12.4 Å². The number of nitrogens with zero attached hydrogens (tertiary/aromatic N) is 2. The van der Waals surface area contributed by atoms with Crippen molar-refractivity contribution in [2.45, 2.75) is 33.6 Å². The Labute approximate surface area is 108 Å². The normalized spacial score (nSPS) is 11.4. The topological polar surface area (TPSA) is 66.9 Å². The van der Waals surface area contributed by atoms with Crippen molar-refractivity contribution in [3.8, 4) is 0 Å². The highest BCUT2D eigenvalue weighted by Gasteiger charge is 2.26. The number of hydrogen-bond acceptors (Lipinski definition) is 4. The van der Waals surface area contributed by atoms with Gasteiger partial charge in [-0.15, -0.1) is 0 Å². The predicted molar refractivity (Wildman–Crippen MR) is 72.5 cm³/mol. The van der Waals surface area contributed by atoms with Gasteiger partial charge >= 0.3 is 0 Å². The fourth-order valence-electron chi connectivity index (χ4n) is 1.51. The van der Waals surface area contributed by atoms with Crippen molar-refractivity contribution in [1.29, 1.82) is 0 Å². The number of amides is 1. The first kappa shape index (κ1) is 14.4. The molecule has 1 rings (SSSR count). The lowest BCUT2D eigenvalue weighted by atomic mass is 9.92. The van der Waals surface area contributed by atoms with E-state index in [-0.39, 0.29) is 5.91 Å². The van der Waals surface area contributed by atoms with Crippen molar-refractivity contribution < 1.29 is 4.79 Å². The summed E-state index contributed by atoms with van der Waals surface area (Å²) in [4.78, 5) is 20.0. The van der Waals surface area contributed by atoms with Gasteiger partial charge in [-0.3, -0.25) is 4.79 Å². The van der Waals surface area contributed by atoms with Crippen LogP contribution in [0.5, 0.6) is 0 Å². The fraction of sp³-hybridized carbons (Fsp3) is 0.615. The molecule has 0 atom stereocenters. The number of carbonyl (C=O) groups excluding carboxylic acids is 1. The second kappa shape index (κ2) is 5.80. The lowest BCUT2D eigenvalue weighted by Crippen LogP contribution is -2.39. The van der Waals surface area contributed by atoms with E-state index < -0.39 is 5.41 Å². The third kappa shape index (κ3) is 3.68. The molecule has 0 aromatic carbocycles. The van der Waals surface area contributed by atoms with Crippen molar-refractivity contribution in [3.05, 3.63) is 18.1 Å². The molecule has 0 aliphatic carbocycles. The Morgan fingerprint density at radius 2 is 2.06 bits per heavy atom. The van der Waals surface area contributed by atoms with Crippen LogP contribution in [-0.2, 0) is 4.79 Å². The minimum atomic E-state index is -0.475. The summed E-state index contributed by atoms with van der Waals surface area (Å²) in [7, 11) is 1.64. The summed E-state index contributed by atoms with van der Waals surface area (Å²) in [6.07, 6.45) is 1.55. The second-order valence-electron chi connectivity index (χ2n) is 5.30. The molecule has 5 heteroatoms. The van der Waals surface area contributed by atoms with Crippen LogP contribution in [0.25, 0.3) is 0 Å². The molecule has 0 bridgehead atoms. The molecule has 0 fully saturated rings. The van der Waals surface area contributed by atoms with Crippen LogP contribution in [0, 0.1) is 5.41 Å². The molecule has 100 valence electrons. The number of nitrogens with one attached hydrogen (secondary N) is 2. The summed E-state index contributed by atoms with van der Waals surface area (Å²) >= 11 is 0. The molecule has 0 saturated heterocycles. The summed E-state index contributed by atoms with van der Waals surface area (Å²) in [5.74, 6) is 1.12. The number of hydrogen-bond donors (Lipinski definition) is 2. The number of rotatable bonds is 5. The molecule has 1 amide bonds. The Balaban J connectivity index is 2.69. The average molecular weight is 250 g/mol. The maximum absolute atomic E-state index is 11.6. The van der Waals surface area contributed by atoms with Crippen LogP contribution in [0.1, 0.15) is 39.3 Å². The van der Waals surface area contributed by atoms with Gasteiger partial charge in [0.25, 0.3) is 0 Å². The SMILES string of the molecule is CNC(=O)C(C)(C)CNc1cc(C(C)C)ncn1. The Kier molecular flexibility index (Phi) is 4.64. The summed E-state index contributed by atoms with van der Waals surface area (Å²) in [5.41, 5.74) is 0.516. The van der Waals surface area contributed by atoms with Crippen LogP contribution in [0.2, 0.25) is 0 Å². The van der Waals surface area contributed by atoms with E-state index in [4.69, 9.17) is 0 Å². The monoisotopic (exact) mass is 250 g/mol. The molecule has 0 spiro atoms. The van der Waals surface area contributed by atoms with Gasteiger partial charge in [-0.2, -0.15) is 0 Å². The van der Waals surface area contributed by atoms with E-state index in [0.29, 0.717) is 12.5 Å². The summed E-state index contributed by atoms with van der Waals surface area (Å²) in [5, 5.41) is 5.84. The zero-order chi connectivity index (χ0) is 13.8. The number of anilines is 1. The van der Waals surface area contributed by atoms with E-state index in [2.05, 4.69) is 34.4 Å². The highest BCUT2D eigenvalue weighted by molar-refractivity contribution is 5.82. The zero-order valence-corrected chi connectivity index (χ0v) is 11.7. The van der Waals surface area contributed by atoms with Gasteiger partial charge in [0.2, 0.25) is 5.91 Å². The van der Waals surface area contributed by atoms with Gasteiger partial charge in [-0.1, -0.05) is 13.8 Å². The van der Waals surface area contributed by atoms with Gasteiger partial charge in [0, 0.05) is 25.4 Å². The molecular formula is C13H22N4O. The Morgan fingerprint density at radius 3 is 2.61 bits per heavy atom. The van der Waals surface area contributed by atoms with Crippen LogP contribution >= 0.6 is 0 Å². The van der Waals surface area contributed by atoms with E-state index in [0.717, 1.165) is 11.5 Å². The lowest BCUT2D eigenvalue weighted by molar-refractivity contribution is -0.128. The molecule has 0 aliphatic heterocycles. The van der Waals surface area contributed by atoms with Gasteiger partial charge < -0.3 is 10.6 Å². The van der Waals surface area contributed by atoms with Crippen molar-refractivity contribution in [1.82, 2.24) is 15.3 Å². The predicted octanol–water partition coefficient (Wildman–Crippen LogP) is 1.78. The van der Waals surface area contributed by atoms with Gasteiger partial charge in [0.1, 0.15) is 12.1 Å². The molecule has 1 heterocycles. The Morgan fingerprint density at radius 1 is 1.39 bits per heavy atom. The third-order valence-corrected chi connectivity index (χ3v) is 2.83. The lowest BCUT2D eigenvalue weighted by Gasteiger charge is -2.23. The second-order valence-corrected chi connectivity index (χ2v) is 5.30. The van der Waals surface area contributed by atoms with Gasteiger partial charge in [-0.05, 0) is 19.8 Å². The first-order valence-electron chi connectivity index (χ1n) is 6.15. The first-order chi connectivity index (χ1) is 8.36. The summed E-state index contributed by atoms with van der Waals surface area (Å²) in [6, 6.07) is 1.92. The third-order valence-electron chi connectivity index (χ3n) is 2.83. The van der Waals surface area contributed by atoms with Gasteiger partial charge in [-0.25, -0.2) is 9.97 Å². The molecule has 5 nitrogen and oxygen atoms in total. The molecule has 1 aromatic rings.